The molecular weight excluding hydrogens is 254 g/mol. The van der Waals surface area contributed by atoms with Crippen molar-refractivity contribution in [2.75, 3.05) is 18.1 Å². The van der Waals surface area contributed by atoms with Crippen LogP contribution in [0.4, 0.5) is 5.82 Å². The summed E-state index contributed by atoms with van der Waals surface area (Å²) in [5, 5.41) is 0. The van der Waals surface area contributed by atoms with Crippen LogP contribution in [0.25, 0.3) is 11.0 Å². The number of hydrogen-bond acceptors (Lipinski definition) is 5. The smallest absolute Gasteiger partial charge is 0.328 e. The van der Waals surface area contributed by atoms with Gasteiger partial charge in [0.15, 0.2) is 0 Å². The highest BCUT2D eigenvalue weighted by atomic mass is 16.5. The predicted octanol–water partition coefficient (Wildman–Crippen LogP) is 2.16. The van der Waals surface area contributed by atoms with E-state index in [1.807, 2.05) is 36.1 Å². The van der Waals surface area contributed by atoms with Gasteiger partial charge in [-0.1, -0.05) is 12.1 Å². The second-order valence-corrected chi connectivity index (χ2v) is 4.82. The molecule has 0 bridgehead atoms. The number of anilines is 1. The number of ether oxygens (including phenoxy) is 1. The lowest BCUT2D eigenvalue weighted by Gasteiger charge is -2.23. The minimum atomic E-state index is -0.231. The van der Waals surface area contributed by atoms with E-state index in [-0.39, 0.29) is 12.0 Å². The molecule has 0 aliphatic carbocycles. The molecule has 5 heteroatoms. The monoisotopic (exact) mass is 271 g/mol. The second kappa shape index (κ2) is 5.45. The summed E-state index contributed by atoms with van der Waals surface area (Å²) in [4.78, 5) is 23.0. The van der Waals surface area contributed by atoms with Gasteiger partial charge in [0.2, 0.25) is 0 Å². The van der Waals surface area contributed by atoms with Gasteiger partial charge in [-0.3, -0.25) is 4.98 Å². The van der Waals surface area contributed by atoms with Gasteiger partial charge in [-0.2, -0.15) is 0 Å². The summed E-state index contributed by atoms with van der Waals surface area (Å²) in [6.07, 6.45) is 3.52. The van der Waals surface area contributed by atoms with E-state index in [4.69, 9.17) is 4.74 Å². The average molecular weight is 271 g/mol. The fourth-order valence-electron chi connectivity index (χ4n) is 2.61. The van der Waals surface area contributed by atoms with Crippen molar-refractivity contribution in [1.29, 1.82) is 0 Å². The number of hydrogen-bond donors (Lipinski definition) is 0. The summed E-state index contributed by atoms with van der Waals surface area (Å²) < 4.78 is 5.14. The van der Waals surface area contributed by atoms with Gasteiger partial charge in [0.05, 0.1) is 23.8 Å². The molecule has 0 radical (unpaired) electrons. The third-order valence-corrected chi connectivity index (χ3v) is 3.54. The molecule has 0 amide bonds. The molecule has 104 valence electrons. The molecule has 2 aromatic rings. The molecule has 0 saturated carbocycles. The molecular formula is C15H17N3O2. The van der Waals surface area contributed by atoms with Gasteiger partial charge in [0.1, 0.15) is 11.9 Å². The highest BCUT2D eigenvalue weighted by Gasteiger charge is 2.32. The van der Waals surface area contributed by atoms with Crippen molar-refractivity contribution in [3.05, 3.63) is 30.5 Å². The maximum atomic E-state index is 12.0. The molecule has 5 nitrogen and oxygen atoms in total. The summed E-state index contributed by atoms with van der Waals surface area (Å²) in [5.41, 5.74) is 1.71. The van der Waals surface area contributed by atoms with Crippen LogP contribution >= 0.6 is 0 Å². The third kappa shape index (κ3) is 2.31. The van der Waals surface area contributed by atoms with E-state index in [2.05, 4.69) is 9.97 Å². The number of carbonyl (C=O) groups excluding carboxylic acids is 1. The number of fused-ring (bicyclic) bond motifs is 1. The van der Waals surface area contributed by atoms with E-state index >= 15 is 0 Å². The molecule has 20 heavy (non-hydrogen) atoms. The zero-order valence-corrected chi connectivity index (χ0v) is 11.5. The Morgan fingerprint density at radius 3 is 3.00 bits per heavy atom. The van der Waals surface area contributed by atoms with Crippen LogP contribution in [0.5, 0.6) is 0 Å². The number of aromatic nitrogens is 2. The molecule has 3 rings (SSSR count). The van der Waals surface area contributed by atoms with Crippen LogP contribution in [0, 0.1) is 0 Å². The minimum absolute atomic E-state index is 0.167. The fourth-order valence-corrected chi connectivity index (χ4v) is 2.61. The average Bonchev–Trinajstić information content (AvgIpc) is 2.96. The SMILES string of the molecule is CCOC(=O)C1CCCN1c1cnc2ccccc2n1. The number of para-hydroxylation sites is 2. The summed E-state index contributed by atoms with van der Waals surface area (Å²) in [5.74, 6) is 0.583. The fraction of sp³-hybridized carbons (Fsp3) is 0.400. The standard InChI is InChI=1S/C15H17N3O2/c1-2-20-15(19)13-8-5-9-18(13)14-10-16-11-6-3-4-7-12(11)17-14/h3-4,6-7,10,13H,2,5,8-9H2,1H3. The van der Waals surface area contributed by atoms with E-state index in [0.717, 1.165) is 36.2 Å². The maximum absolute atomic E-state index is 12.0. The Labute approximate surface area is 117 Å². The topological polar surface area (TPSA) is 55.3 Å². The quantitative estimate of drug-likeness (QED) is 0.801. The lowest BCUT2D eigenvalue weighted by atomic mass is 10.2. The molecule has 0 spiro atoms. The van der Waals surface area contributed by atoms with Crippen molar-refractivity contribution in [3.8, 4) is 0 Å². The van der Waals surface area contributed by atoms with Crippen molar-refractivity contribution < 1.29 is 9.53 Å². The van der Waals surface area contributed by atoms with Gasteiger partial charge < -0.3 is 9.64 Å². The number of rotatable bonds is 3. The Morgan fingerprint density at radius 2 is 2.20 bits per heavy atom. The summed E-state index contributed by atoms with van der Waals surface area (Å²) in [7, 11) is 0. The minimum Gasteiger partial charge on any atom is -0.464 e. The highest BCUT2D eigenvalue weighted by Crippen LogP contribution is 2.25. The van der Waals surface area contributed by atoms with Crippen LogP contribution < -0.4 is 4.90 Å². The number of benzene rings is 1. The van der Waals surface area contributed by atoms with Gasteiger partial charge in [-0.15, -0.1) is 0 Å². The van der Waals surface area contributed by atoms with E-state index in [0.29, 0.717) is 6.61 Å². The first-order valence-electron chi connectivity index (χ1n) is 6.94. The number of nitrogens with zero attached hydrogens (tertiary/aromatic N) is 3. The molecule has 1 atom stereocenters. The van der Waals surface area contributed by atoms with Crippen molar-refractivity contribution in [2.45, 2.75) is 25.8 Å². The largest absolute Gasteiger partial charge is 0.464 e. The van der Waals surface area contributed by atoms with E-state index in [1.165, 1.54) is 0 Å². The first-order chi connectivity index (χ1) is 9.79. The van der Waals surface area contributed by atoms with Crippen molar-refractivity contribution in [3.63, 3.8) is 0 Å². The van der Waals surface area contributed by atoms with Crippen molar-refractivity contribution in [1.82, 2.24) is 9.97 Å². The van der Waals surface area contributed by atoms with E-state index in [9.17, 15) is 4.79 Å². The molecule has 1 saturated heterocycles. The Bertz CT molecular complexity index is 629. The summed E-state index contributed by atoms with van der Waals surface area (Å²) >= 11 is 0. The summed E-state index contributed by atoms with van der Waals surface area (Å²) in [6.45, 7) is 3.05. The van der Waals surface area contributed by atoms with Crippen LogP contribution in [0.15, 0.2) is 30.5 Å². The normalized spacial score (nSPS) is 18.4. The molecule has 1 aromatic carbocycles. The van der Waals surface area contributed by atoms with Crippen LogP contribution in [-0.2, 0) is 9.53 Å². The van der Waals surface area contributed by atoms with Crippen molar-refractivity contribution in [2.24, 2.45) is 0 Å². The predicted molar refractivity (Wildman–Crippen MR) is 76.5 cm³/mol. The molecule has 2 heterocycles. The first kappa shape index (κ1) is 12.8. The highest BCUT2D eigenvalue weighted by molar-refractivity contribution is 5.81. The van der Waals surface area contributed by atoms with Gasteiger partial charge in [0.25, 0.3) is 0 Å². The zero-order valence-electron chi connectivity index (χ0n) is 11.5. The van der Waals surface area contributed by atoms with Crippen LogP contribution in [0.1, 0.15) is 19.8 Å². The third-order valence-electron chi connectivity index (χ3n) is 3.54. The van der Waals surface area contributed by atoms with Crippen molar-refractivity contribution >= 4 is 22.8 Å². The second-order valence-electron chi connectivity index (χ2n) is 4.82. The molecule has 1 aliphatic rings. The van der Waals surface area contributed by atoms with E-state index < -0.39 is 0 Å². The number of esters is 1. The van der Waals surface area contributed by atoms with E-state index in [1.54, 1.807) is 6.20 Å². The molecule has 1 fully saturated rings. The Balaban J connectivity index is 1.91. The first-order valence-corrected chi connectivity index (χ1v) is 6.94. The summed E-state index contributed by atoms with van der Waals surface area (Å²) in [6, 6.07) is 7.51. The van der Waals surface area contributed by atoms with Crippen LogP contribution in [0.2, 0.25) is 0 Å². The van der Waals surface area contributed by atoms with Gasteiger partial charge in [-0.05, 0) is 31.9 Å². The Hall–Kier alpha value is -2.17. The van der Waals surface area contributed by atoms with Gasteiger partial charge in [0, 0.05) is 6.54 Å². The molecule has 1 unspecified atom stereocenters. The lowest BCUT2D eigenvalue weighted by molar-refractivity contribution is -0.144. The molecule has 1 aliphatic heterocycles. The zero-order chi connectivity index (χ0) is 13.9. The Morgan fingerprint density at radius 1 is 1.40 bits per heavy atom. The van der Waals surface area contributed by atoms with Crippen LogP contribution in [0.3, 0.4) is 0 Å². The van der Waals surface area contributed by atoms with Gasteiger partial charge in [-0.25, -0.2) is 9.78 Å². The molecule has 0 N–H and O–H groups in total. The number of carbonyl (C=O) groups is 1. The lowest BCUT2D eigenvalue weighted by Crippen LogP contribution is -2.37. The van der Waals surface area contributed by atoms with Crippen LogP contribution in [-0.4, -0.2) is 35.1 Å². The molecule has 1 aromatic heterocycles. The Kier molecular flexibility index (Phi) is 3.50. The van der Waals surface area contributed by atoms with Gasteiger partial charge >= 0.3 is 5.97 Å². The maximum Gasteiger partial charge on any atom is 0.328 e.